The van der Waals surface area contributed by atoms with Gasteiger partial charge in [-0.2, -0.15) is 0 Å². The number of nitrogens with one attached hydrogen (secondary N) is 1. The molecule has 1 amide bonds. The predicted molar refractivity (Wildman–Crippen MR) is 402 cm³/mol. The number of hydrogen-bond acceptors (Lipinski definition) is 10. The second-order valence-electron chi connectivity index (χ2n) is 29.3. The van der Waals surface area contributed by atoms with Crippen LogP contribution < -0.4 is 15.1 Å². The molecule has 6 aromatic carbocycles. The maximum Gasteiger partial charge on any atom is 0.335 e. The highest BCUT2D eigenvalue weighted by Crippen LogP contribution is 2.32. The first-order valence-corrected chi connectivity index (χ1v) is 33.7. The van der Waals surface area contributed by atoms with Crippen LogP contribution in [-0.4, -0.2) is 90.0 Å². The largest absolute Gasteiger partial charge is 0.478 e. The van der Waals surface area contributed by atoms with Crippen molar-refractivity contribution in [3.63, 3.8) is 0 Å². The lowest BCUT2D eigenvalue weighted by molar-refractivity contribution is -0.154. The average Bonchev–Trinajstić information content (AvgIpc) is 1.75. The number of nitrogens with zero attached hydrogens (tertiary/aromatic N) is 5. The zero-order chi connectivity index (χ0) is 72.5. The number of carbonyl (C=O) groups excluding carboxylic acids is 4. The number of hydrogen-bond donors (Lipinski definition) is 2. The fourth-order valence-corrected chi connectivity index (χ4v) is 12.2. The summed E-state index contributed by atoms with van der Waals surface area (Å²) >= 11 is 6.00. The Morgan fingerprint density at radius 1 is 0.443 bits per heavy atom. The summed E-state index contributed by atoms with van der Waals surface area (Å²) in [7, 11) is 6.01. The van der Waals surface area contributed by atoms with Crippen LogP contribution in [0.15, 0.2) is 128 Å². The van der Waals surface area contributed by atoms with E-state index in [4.69, 9.17) is 31.5 Å². The van der Waals surface area contributed by atoms with Crippen LogP contribution in [-0.2, 0) is 49.7 Å². The molecule has 0 fully saturated rings. The lowest BCUT2D eigenvalue weighted by Gasteiger charge is -2.28. The van der Waals surface area contributed by atoms with Gasteiger partial charge in [-0.05, 0) is 263 Å². The molecule has 0 aliphatic carbocycles. The lowest BCUT2D eigenvalue weighted by atomic mass is 9.92. The number of fused-ring (bicyclic) bond motifs is 3. The molecule has 518 valence electrons. The minimum absolute atomic E-state index is 0.0543. The third-order valence-corrected chi connectivity index (χ3v) is 16.8. The number of carboxylic acids is 1. The number of amides is 1. The van der Waals surface area contributed by atoms with E-state index in [-0.39, 0.29) is 37.5 Å². The molecule has 3 aromatic heterocycles. The smallest absolute Gasteiger partial charge is 0.335 e. The van der Waals surface area contributed by atoms with Crippen molar-refractivity contribution in [2.24, 2.45) is 21.1 Å². The molecule has 0 saturated heterocycles. The van der Waals surface area contributed by atoms with E-state index >= 15 is 0 Å². The van der Waals surface area contributed by atoms with Crippen molar-refractivity contribution in [3.8, 4) is 0 Å². The van der Waals surface area contributed by atoms with Gasteiger partial charge in [-0.1, -0.05) is 72.0 Å². The molecule has 0 unspecified atom stereocenters. The number of benzene rings is 6. The van der Waals surface area contributed by atoms with Gasteiger partial charge in [-0.3, -0.25) is 24.1 Å². The normalized spacial score (nSPS) is 11.6. The molecular formula is C81H104N6O9S. The Labute approximate surface area is 581 Å². The summed E-state index contributed by atoms with van der Waals surface area (Å²) < 4.78 is 22.6. The van der Waals surface area contributed by atoms with Crippen LogP contribution in [0.25, 0.3) is 32.7 Å². The maximum atomic E-state index is 13.8. The van der Waals surface area contributed by atoms with Gasteiger partial charge in [0.15, 0.2) is 0 Å². The fraction of sp³-hybridized carbons (Fsp3) is 0.407. The molecule has 0 spiro atoms. The Bertz CT molecular complexity index is 4160. The molecule has 0 saturated carbocycles. The van der Waals surface area contributed by atoms with Crippen molar-refractivity contribution >= 4 is 96.8 Å². The zero-order valence-electron chi connectivity index (χ0n) is 61.8. The first-order valence-electron chi connectivity index (χ1n) is 33.3. The molecule has 9 aromatic rings. The van der Waals surface area contributed by atoms with Crippen LogP contribution in [0.1, 0.15) is 198 Å². The van der Waals surface area contributed by atoms with Crippen LogP contribution in [0.3, 0.4) is 0 Å². The quantitative estimate of drug-likeness (QED) is 0.0567. The van der Waals surface area contributed by atoms with Gasteiger partial charge >= 0.3 is 23.9 Å². The Hall–Kier alpha value is -9.02. The van der Waals surface area contributed by atoms with E-state index in [9.17, 15) is 24.0 Å². The number of carboxylic acid groups (broad SMARTS) is 1. The van der Waals surface area contributed by atoms with Crippen LogP contribution in [0, 0.1) is 41.5 Å². The summed E-state index contributed by atoms with van der Waals surface area (Å²) in [6.07, 6.45) is 6.03. The minimum Gasteiger partial charge on any atom is -0.478 e. The number of aryl methyl sites for hydroxylation is 9. The lowest BCUT2D eigenvalue weighted by Crippen LogP contribution is -2.39. The minimum atomic E-state index is -0.843. The van der Waals surface area contributed by atoms with Crippen molar-refractivity contribution in [1.29, 1.82) is 0 Å². The highest BCUT2D eigenvalue weighted by Gasteiger charge is 2.28. The number of esters is 3. The molecular weight excluding hydrogens is 1230 g/mol. The van der Waals surface area contributed by atoms with E-state index in [1.54, 1.807) is 6.07 Å². The van der Waals surface area contributed by atoms with Crippen molar-refractivity contribution in [3.05, 3.63) is 195 Å². The van der Waals surface area contributed by atoms with Crippen molar-refractivity contribution in [2.45, 2.75) is 180 Å². The second-order valence-corrected chi connectivity index (χ2v) is 29.7. The second kappa shape index (κ2) is 31.9. The number of aromatic nitrogens is 3. The van der Waals surface area contributed by atoms with Crippen LogP contribution >= 0.6 is 12.2 Å². The first kappa shape index (κ1) is 77.0. The van der Waals surface area contributed by atoms with Crippen molar-refractivity contribution < 1.29 is 43.3 Å². The van der Waals surface area contributed by atoms with Gasteiger partial charge in [0.25, 0.3) is 5.91 Å². The summed E-state index contributed by atoms with van der Waals surface area (Å²) in [5.74, 6) is -0.988. The Kier molecular flexibility index (Phi) is 25.3. The van der Waals surface area contributed by atoms with Gasteiger partial charge < -0.3 is 43.2 Å². The molecule has 9 rings (SSSR count). The summed E-state index contributed by atoms with van der Waals surface area (Å²) in [6.45, 7) is 41.6. The molecule has 3 heterocycles. The van der Waals surface area contributed by atoms with Gasteiger partial charge in [0.1, 0.15) is 41.4 Å². The monoisotopic (exact) mass is 1340 g/mol. The van der Waals surface area contributed by atoms with Gasteiger partial charge in [-0.25, -0.2) is 4.79 Å². The summed E-state index contributed by atoms with van der Waals surface area (Å²) in [5.41, 5.74) is 16.2. The average molecular weight is 1340 g/mol. The number of rotatable bonds is 15. The molecule has 2 N–H and O–H groups in total. The van der Waals surface area contributed by atoms with E-state index in [0.29, 0.717) is 39.6 Å². The number of ether oxygens (including phenoxy) is 3. The standard InChI is InChI=1S/C27H34N2O3.C27H34N2O2S.C15H20N2O2.C12H16O2/c1-17(2)22-15-23(19(4)13-18(22)3)26(31)29(16-25(30)32-27(5,6)7)21-9-10-24-20(14-21)11-12-28(24)8;1-17(2)22-15-23(19(4)13-18(22)3)26(32)29(16-25(30)31-27(5,6)7)21-9-10-24-20(14-21)11-12-28(24)8;1-15(2,3)19-14(18)10-16-12-5-6-13-11(9-12)7-8-17(13)4;1-7(2)10-6-11(12(13)14)9(4)5-8(10)3/h2*9-15,17H,16H2,1-8H3;5-9,16H,10H2,1-4H3;5-7H,1-4H3,(H,13,14). The third kappa shape index (κ3) is 21.0. The Balaban J connectivity index is 0.000000214. The number of thiocarbonyl (C=S) groups is 1. The summed E-state index contributed by atoms with van der Waals surface area (Å²) in [5, 5.41) is 15.3. The molecule has 0 bridgehead atoms. The van der Waals surface area contributed by atoms with E-state index < -0.39 is 28.7 Å². The first-order chi connectivity index (χ1) is 45.0. The predicted octanol–water partition coefficient (Wildman–Crippen LogP) is 18.4. The molecule has 0 atom stereocenters. The van der Waals surface area contributed by atoms with Crippen LogP contribution in [0.4, 0.5) is 17.1 Å². The molecule has 97 heavy (non-hydrogen) atoms. The number of anilines is 3. The third-order valence-electron chi connectivity index (χ3n) is 16.4. The van der Waals surface area contributed by atoms with E-state index in [2.05, 4.69) is 113 Å². The molecule has 0 aliphatic rings. The molecule has 0 aliphatic heterocycles. The van der Waals surface area contributed by atoms with E-state index in [1.807, 2.05) is 199 Å². The van der Waals surface area contributed by atoms with Gasteiger partial charge in [0.2, 0.25) is 0 Å². The van der Waals surface area contributed by atoms with Crippen molar-refractivity contribution in [1.82, 2.24) is 13.7 Å². The Morgan fingerprint density at radius 2 is 0.784 bits per heavy atom. The number of aromatic carboxylic acids is 1. The summed E-state index contributed by atoms with van der Waals surface area (Å²) in [4.78, 5) is 66.0. The molecule has 0 radical (unpaired) electrons. The topological polar surface area (TPSA) is 167 Å². The summed E-state index contributed by atoms with van der Waals surface area (Å²) in [6, 6.07) is 36.2. The van der Waals surface area contributed by atoms with Gasteiger partial charge in [0, 0.05) is 101 Å². The SMILES string of the molecule is Cc1cc(C)c(C(C)C)cc1C(=O)N(CC(=O)OC(C)(C)C)c1ccc2c(ccn2C)c1.Cc1cc(C)c(C(C)C)cc1C(=O)O.Cc1cc(C)c(C(C)C)cc1C(=S)N(CC(=O)OC(C)(C)C)c1ccc2c(ccn2C)c1.Cn1ccc2cc(NCC(=O)OC(C)(C)C)ccc21. The molecule has 16 heteroatoms. The maximum absolute atomic E-state index is 13.8. The Morgan fingerprint density at radius 3 is 1.19 bits per heavy atom. The van der Waals surface area contributed by atoms with Gasteiger partial charge in [0.05, 0.1) is 5.56 Å². The highest BCUT2D eigenvalue weighted by molar-refractivity contribution is 7.81. The highest BCUT2D eigenvalue weighted by atomic mass is 32.1. The van der Waals surface area contributed by atoms with E-state index in [1.165, 1.54) is 32.7 Å². The van der Waals surface area contributed by atoms with Crippen LogP contribution in [0.2, 0.25) is 0 Å². The molecule has 15 nitrogen and oxygen atoms in total. The van der Waals surface area contributed by atoms with Crippen molar-refractivity contribution in [2.75, 3.05) is 34.8 Å². The zero-order valence-corrected chi connectivity index (χ0v) is 62.7. The van der Waals surface area contributed by atoms with E-state index in [0.717, 1.165) is 71.9 Å². The fourth-order valence-electron chi connectivity index (χ4n) is 11.8. The van der Waals surface area contributed by atoms with Crippen LogP contribution in [0.5, 0.6) is 0 Å². The number of carbonyl (C=O) groups is 5. The van der Waals surface area contributed by atoms with Gasteiger partial charge in [-0.15, -0.1) is 0 Å².